The first-order valence-corrected chi connectivity index (χ1v) is 15.4. The summed E-state index contributed by atoms with van der Waals surface area (Å²) in [4.78, 5) is 43.8. The lowest BCUT2D eigenvalue weighted by Gasteiger charge is -2.25. The minimum atomic E-state index is -0.844. The summed E-state index contributed by atoms with van der Waals surface area (Å²) in [5, 5.41) is 12.2. The maximum Gasteiger partial charge on any atom is 0.338 e. The summed E-state index contributed by atoms with van der Waals surface area (Å²) in [6.07, 6.45) is 1.40. The molecule has 11 nitrogen and oxygen atoms in total. The minimum absolute atomic E-state index is 0.0343. The molecule has 46 heavy (non-hydrogen) atoms. The molecule has 0 aliphatic carbocycles. The number of carbonyl (C=O) groups excluding carboxylic acids is 1. The topological polar surface area (TPSA) is 131 Å². The molecule has 1 aliphatic heterocycles. The molecule has 1 atom stereocenters. The molecule has 12 heteroatoms. The van der Waals surface area contributed by atoms with E-state index in [0.29, 0.717) is 21.8 Å². The number of fused-ring (bicyclic) bond motifs is 1. The molecule has 1 aliphatic rings. The van der Waals surface area contributed by atoms with Crippen LogP contribution in [0.3, 0.4) is 0 Å². The van der Waals surface area contributed by atoms with Crippen LogP contribution in [0.1, 0.15) is 50.4 Å². The maximum absolute atomic E-state index is 14.1. The highest BCUT2D eigenvalue weighted by Crippen LogP contribution is 2.36. The van der Waals surface area contributed by atoms with Crippen molar-refractivity contribution in [2.75, 3.05) is 13.7 Å². The lowest BCUT2D eigenvalue weighted by atomic mass is 9.96. The van der Waals surface area contributed by atoms with E-state index in [2.05, 4.69) is 4.99 Å². The number of rotatable bonds is 11. The Morgan fingerprint density at radius 3 is 2.46 bits per heavy atom. The van der Waals surface area contributed by atoms with E-state index in [-0.39, 0.29) is 52.2 Å². The number of benzene rings is 3. The Morgan fingerprint density at radius 2 is 1.83 bits per heavy atom. The molecule has 2 heterocycles. The molecule has 5 rings (SSSR count). The van der Waals surface area contributed by atoms with Gasteiger partial charge in [0.1, 0.15) is 12.4 Å². The lowest BCUT2D eigenvalue weighted by molar-refractivity contribution is -0.385. The third kappa shape index (κ3) is 6.71. The van der Waals surface area contributed by atoms with Crippen molar-refractivity contribution < 1.29 is 28.7 Å². The van der Waals surface area contributed by atoms with E-state index in [1.54, 1.807) is 38.1 Å². The van der Waals surface area contributed by atoms with E-state index in [4.69, 9.17) is 18.9 Å². The zero-order valence-electron chi connectivity index (χ0n) is 26.0. The van der Waals surface area contributed by atoms with Gasteiger partial charge in [0.25, 0.3) is 11.2 Å². The fourth-order valence-electron chi connectivity index (χ4n) is 5.10. The van der Waals surface area contributed by atoms with Gasteiger partial charge in [-0.25, -0.2) is 9.79 Å². The summed E-state index contributed by atoms with van der Waals surface area (Å²) >= 11 is 1.07. The molecule has 0 N–H and O–H groups in total. The predicted molar refractivity (Wildman–Crippen MR) is 173 cm³/mol. The minimum Gasteiger partial charge on any atom is -0.493 e. The number of ether oxygens (including phenoxy) is 4. The van der Waals surface area contributed by atoms with Gasteiger partial charge in [-0.2, -0.15) is 0 Å². The number of carbonyl (C=O) groups is 1. The number of allylic oxidation sites excluding steroid dienone is 1. The highest BCUT2D eigenvalue weighted by Gasteiger charge is 2.33. The highest BCUT2D eigenvalue weighted by atomic mass is 32.1. The summed E-state index contributed by atoms with van der Waals surface area (Å²) in [6.45, 7) is 7.55. The van der Waals surface area contributed by atoms with Crippen LogP contribution in [-0.4, -0.2) is 35.3 Å². The van der Waals surface area contributed by atoms with Crippen LogP contribution >= 0.6 is 11.3 Å². The van der Waals surface area contributed by atoms with Gasteiger partial charge in [-0.1, -0.05) is 53.8 Å². The number of nitro groups is 1. The zero-order chi connectivity index (χ0) is 33.0. The Hall–Kier alpha value is -5.23. The first-order valence-electron chi connectivity index (χ1n) is 14.6. The fourth-order valence-corrected chi connectivity index (χ4v) is 6.13. The molecule has 0 saturated carbocycles. The Bertz CT molecular complexity index is 1980. The van der Waals surface area contributed by atoms with Crippen molar-refractivity contribution in [2.45, 2.75) is 46.4 Å². The van der Waals surface area contributed by atoms with Gasteiger partial charge < -0.3 is 18.9 Å². The van der Waals surface area contributed by atoms with E-state index in [0.717, 1.165) is 16.9 Å². The van der Waals surface area contributed by atoms with Crippen LogP contribution in [0.15, 0.2) is 87.8 Å². The number of nitrogens with zero attached hydrogens (tertiary/aromatic N) is 3. The van der Waals surface area contributed by atoms with E-state index >= 15 is 0 Å². The first kappa shape index (κ1) is 32.2. The smallest absolute Gasteiger partial charge is 0.338 e. The van der Waals surface area contributed by atoms with E-state index in [1.165, 1.54) is 29.9 Å². The molecular formula is C34H33N3O8S. The second-order valence-electron chi connectivity index (χ2n) is 10.6. The van der Waals surface area contributed by atoms with Crippen LogP contribution in [0.2, 0.25) is 0 Å². The zero-order valence-corrected chi connectivity index (χ0v) is 26.8. The monoisotopic (exact) mass is 643 g/mol. The lowest BCUT2D eigenvalue weighted by Crippen LogP contribution is -2.39. The van der Waals surface area contributed by atoms with Gasteiger partial charge in [0.05, 0.1) is 58.2 Å². The van der Waals surface area contributed by atoms with E-state index in [1.807, 2.05) is 44.2 Å². The summed E-state index contributed by atoms with van der Waals surface area (Å²) in [5.74, 6) is 0.512. The second kappa shape index (κ2) is 13.8. The van der Waals surface area contributed by atoms with Crippen molar-refractivity contribution in [1.29, 1.82) is 0 Å². The molecule has 1 aromatic heterocycles. The van der Waals surface area contributed by atoms with Crippen LogP contribution in [0.5, 0.6) is 17.2 Å². The maximum atomic E-state index is 14.1. The number of thiazole rings is 1. The van der Waals surface area contributed by atoms with Gasteiger partial charge in [-0.3, -0.25) is 19.5 Å². The van der Waals surface area contributed by atoms with Crippen molar-refractivity contribution in [3.63, 3.8) is 0 Å². The standard InChI is InChI=1S/C34H33N3O8S/c1-6-43-33(39)30-21(4)35-34-36(31(30)23-12-14-25(15-13-23)45-20(2)3)32(38)29(46-34)17-24-16-27(42-5)28(18-26(24)37(40)41)44-19-22-10-8-7-9-11-22/h7-18,20,31H,6,19H2,1-5H3/b29-17-/t31-/m1/s1. The van der Waals surface area contributed by atoms with Crippen molar-refractivity contribution in [3.8, 4) is 17.2 Å². The third-order valence-corrected chi connectivity index (χ3v) is 8.10. The molecule has 3 aromatic carbocycles. The van der Waals surface area contributed by atoms with Crippen LogP contribution in [-0.2, 0) is 16.1 Å². The van der Waals surface area contributed by atoms with Crippen LogP contribution < -0.4 is 29.1 Å². The first-order chi connectivity index (χ1) is 22.1. The Balaban J connectivity index is 1.63. The molecule has 0 bridgehead atoms. The average molecular weight is 644 g/mol. The number of hydrogen-bond acceptors (Lipinski definition) is 10. The van der Waals surface area contributed by atoms with Crippen molar-refractivity contribution in [1.82, 2.24) is 4.57 Å². The summed E-state index contributed by atoms with van der Waals surface area (Å²) in [7, 11) is 1.44. The van der Waals surface area contributed by atoms with Gasteiger partial charge in [0.2, 0.25) is 0 Å². The predicted octanol–water partition coefficient (Wildman–Crippen LogP) is 5.08. The van der Waals surface area contributed by atoms with Crippen LogP contribution in [0, 0.1) is 10.1 Å². The van der Waals surface area contributed by atoms with E-state index in [9.17, 15) is 19.7 Å². The molecule has 0 spiro atoms. The summed E-state index contributed by atoms with van der Waals surface area (Å²) < 4.78 is 24.1. The van der Waals surface area contributed by atoms with Gasteiger partial charge in [0, 0.05) is 0 Å². The molecule has 238 valence electrons. The Kier molecular flexibility index (Phi) is 9.67. The third-order valence-electron chi connectivity index (χ3n) is 7.12. The van der Waals surface area contributed by atoms with Crippen molar-refractivity contribution in [2.24, 2.45) is 4.99 Å². The average Bonchev–Trinajstić information content (AvgIpc) is 3.33. The number of esters is 1. The number of hydrogen-bond donors (Lipinski definition) is 0. The molecule has 0 fully saturated rings. The Morgan fingerprint density at radius 1 is 1.11 bits per heavy atom. The molecule has 0 unspecified atom stereocenters. The van der Waals surface area contributed by atoms with Gasteiger partial charge in [-0.15, -0.1) is 0 Å². The van der Waals surface area contributed by atoms with Gasteiger partial charge in [-0.05, 0) is 63.1 Å². The molecule has 0 saturated heterocycles. The molecule has 0 amide bonds. The quantitative estimate of drug-likeness (QED) is 0.126. The number of methoxy groups -OCH3 is 1. The molecule has 0 radical (unpaired) electrons. The van der Waals surface area contributed by atoms with Crippen molar-refractivity contribution >= 4 is 29.1 Å². The second-order valence-corrected chi connectivity index (χ2v) is 11.6. The van der Waals surface area contributed by atoms with Crippen LogP contribution in [0.4, 0.5) is 5.69 Å². The largest absolute Gasteiger partial charge is 0.493 e. The van der Waals surface area contributed by atoms with Crippen molar-refractivity contribution in [3.05, 3.63) is 124 Å². The summed E-state index contributed by atoms with van der Waals surface area (Å²) in [5.41, 5.74) is 1.57. The molecular weight excluding hydrogens is 610 g/mol. The van der Waals surface area contributed by atoms with E-state index < -0.39 is 22.5 Å². The molecule has 4 aromatic rings. The normalized spacial score (nSPS) is 14.5. The van der Waals surface area contributed by atoms with Gasteiger partial charge >= 0.3 is 5.97 Å². The fraction of sp³-hybridized carbons (Fsp3) is 0.265. The van der Waals surface area contributed by atoms with Crippen LogP contribution in [0.25, 0.3) is 6.08 Å². The van der Waals surface area contributed by atoms with Gasteiger partial charge in [0.15, 0.2) is 16.3 Å². The summed E-state index contributed by atoms with van der Waals surface area (Å²) in [6, 6.07) is 18.4. The SMILES string of the molecule is CCOC(=O)C1=C(C)N=c2s/c(=C\c3cc(OC)c(OCc4ccccc4)cc3[N+](=O)[O-])c(=O)n2[C@@H]1c1ccc(OC(C)C)cc1. The number of nitro benzene ring substituents is 1. The number of aromatic nitrogens is 1. The Labute approximate surface area is 268 Å². The highest BCUT2D eigenvalue weighted by molar-refractivity contribution is 7.07.